The number of piperidine rings is 1. The minimum Gasteiger partial charge on any atom is -0.356 e. The van der Waals surface area contributed by atoms with Gasteiger partial charge in [0.25, 0.3) is 5.91 Å². The molecule has 1 N–H and O–H groups in total. The van der Waals surface area contributed by atoms with Gasteiger partial charge >= 0.3 is 6.18 Å². The molecule has 13 heteroatoms. The summed E-state index contributed by atoms with van der Waals surface area (Å²) in [5, 5.41) is 21.0. The summed E-state index contributed by atoms with van der Waals surface area (Å²) in [4.78, 5) is 23.1. The number of halogens is 3. The molecule has 7 rings (SSSR count). The van der Waals surface area contributed by atoms with E-state index in [4.69, 9.17) is 4.98 Å². The van der Waals surface area contributed by atoms with Crippen LogP contribution in [0.4, 0.5) is 19.0 Å². The van der Waals surface area contributed by atoms with Crippen molar-refractivity contribution in [1.82, 2.24) is 34.7 Å². The number of carbonyl (C=O) groups is 1. The molecule has 1 aliphatic carbocycles. The van der Waals surface area contributed by atoms with Crippen molar-refractivity contribution in [3.63, 3.8) is 0 Å². The second-order valence-corrected chi connectivity index (χ2v) is 10.5. The molecule has 0 spiro atoms. The van der Waals surface area contributed by atoms with E-state index in [2.05, 4.69) is 31.5 Å². The molecule has 5 aromatic heterocycles. The van der Waals surface area contributed by atoms with E-state index in [9.17, 15) is 23.2 Å². The lowest BCUT2D eigenvalue weighted by molar-refractivity contribution is -0.138. The molecule has 10 nitrogen and oxygen atoms in total. The maximum absolute atomic E-state index is 13.3. The van der Waals surface area contributed by atoms with Gasteiger partial charge in [-0.1, -0.05) is 0 Å². The van der Waals surface area contributed by atoms with Gasteiger partial charge < -0.3 is 10.2 Å². The summed E-state index contributed by atoms with van der Waals surface area (Å²) in [5.74, 6) is 0.185. The molecule has 210 valence electrons. The summed E-state index contributed by atoms with van der Waals surface area (Å²) >= 11 is 0. The normalized spacial score (nSPS) is 19.5. The molecule has 1 unspecified atom stereocenters. The zero-order chi connectivity index (χ0) is 29.2. The summed E-state index contributed by atoms with van der Waals surface area (Å²) in [5.41, 5.74) is 2.91. The Labute approximate surface area is 237 Å². The largest absolute Gasteiger partial charge is 0.418 e. The molecule has 0 aromatic carbocycles. The standard InChI is InChI=1S/C29H22F3N9O/c1-39-12-19(11-36-39)17-7-20(27-18(8-33)10-37-41(27)13-17)16-4-5-24(35-9-16)40-14-21-22(15-40)25(21)38-28(42)26-23(29(30,31)32)3-2-6-34-26/h2-7,9-13,21-22,25H,14-15H2,1H3,(H,38,42)/t21-,22+,25?. The number of anilines is 1. The maximum Gasteiger partial charge on any atom is 0.418 e. The van der Waals surface area contributed by atoms with E-state index < -0.39 is 23.3 Å². The molecule has 0 radical (unpaired) electrons. The van der Waals surface area contributed by atoms with E-state index >= 15 is 0 Å². The third-order valence-corrected chi connectivity index (χ3v) is 7.97. The number of amides is 1. The third-order valence-electron chi connectivity index (χ3n) is 7.97. The second-order valence-electron chi connectivity index (χ2n) is 10.5. The van der Waals surface area contributed by atoms with Gasteiger partial charge in [0, 0.05) is 85.1 Å². The number of hydrogen-bond donors (Lipinski definition) is 1. The Morgan fingerprint density at radius 3 is 2.50 bits per heavy atom. The summed E-state index contributed by atoms with van der Waals surface area (Å²) in [7, 11) is 1.84. The first kappa shape index (κ1) is 25.7. The van der Waals surface area contributed by atoms with Crippen molar-refractivity contribution in [1.29, 1.82) is 5.26 Å². The van der Waals surface area contributed by atoms with Gasteiger partial charge in [0.05, 0.1) is 29.0 Å². The van der Waals surface area contributed by atoms with E-state index in [0.29, 0.717) is 24.2 Å². The van der Waals surface area contributed by atoms with E-state index in [1.165, 1.54) is 18.5 Å². The molecule has 0 bridgehead atoms. The lowest BCUT2D eigenvalue weighted by Gasteiger charge is -2.21. The minimum absolute atomic E-state index is 0.120. The molecular formula is C29H22F3N9O. The Hall–Kier alpha value is -5.25. The molecule has 1 saturated heterocycles. The first-order valence-corrected chi connectivity index (χ1v) is 13.2. The molecule has 5 aromatic rings. The monoisotopic (exact) mass is 569 g/mol. The number of nitriles is 1. The van der Waals surface area contributed by atoms with Crippen molar-refractivity contribution < 1.29 is 18.0 Å². The zero-order valence-electron chi connectivity index (χ0n) is 22.1. The van der Waals surface area contributed by atoms with E-state index in [0.717, 1.165) is 34.1 Å². The van der Waals surface area contributed by atoms with E-state index in [1.807, 2.05) is 37.6 Å². The van der Waals surface area contributed by atoms with Crippen molar-refractivity contribution in [2.75, 3.05) is 18.0 Å². The van der Waals surface area contributed by atoms with Crippen LogP contribution in [0.1, 0.15) is 21.6 Å². The average Bonchev–Trinajstić information content (AvgIpc) is 3.44. The smallest absolute Gasteiger partial charge is 0.356 e. The highest BCUT2D eigenvalue weighted by Crippen LogP contribution is 2.47. The first-order chi connectivity index (χ1) is 20.2. The fourth-order valence-corrected chi connectivity index (χ4v) is 5.85. The highest BCUT2D eigenvalue weighted by Gasteiger charge is 2.57. The van der Waals surface area contributed by atoms with Crippen LogP contribution in [0.15, 0.2) is 67.5 Å². The van der Waals surface area contributed by atoms with Crippen LogP contribution in [0, 0.1) is 23.2 Å². The Morgan fingerprint density at radius 1 is 1.02 bits per heavy atom. The molecule has 3 atom stereocenters. The molecule has 1 amide bonds. The number of alkyl halides is 3. The topological polar surface area (TPSA) is 117 Å². The SMILES string of the molecule is Cn1cc(-c2cc(-c3ccc(N4C[C@@H]5C(NC(=O)c6ncccc6C(F)(F)F)[C@@H]5C4)nc3)c3c(C#N)cnn3c2)cn1. The van der Waals surface area contributed by atoms with Gasteiger partial charge in [-0.05, 0) is 30.3 Å². The Morgan fingerprint density at radius 2 is 1.83 bits per heavy atom. The Balaban J connectivity index is 1.08. The number of fused-ring (bicyclic) bond motifs is 2. The van der Waals surface area contributed by atoms with Gasteiger partial charge in [0.15, 0.2) is 0 Å². The van der Waals surface area contributed by atoms with Crippen molar-refractivity contribution >= 4 is 17.2 Å². The number of hydrogen-bond acceptors (Lipinski definition) is 7. The Bertz CT molecular complexity index is 1880. The molecule has 2 fully saturated rings. The fourth-order valence-electron chi connectivity index (χ4n) is 5.85. The van der Waals surface area contributed by atoms with Crippen molar-refractivity contribution in [3.8, 4) is 28.3 Å². The van der Waals surface area contributed by atoms with Crippen LogP contribution in [-0.4, -0.2) is 54.4 Å². The van der Waals surface area contributed by atoms with Crippen LogP contribution in [0.5, 0.6) is 0 Å². The lowest BCUT2D eigenvalue weighted by atomic mass is 10.0. The van der Waals surface area contributed by atoms with Crippen molar-refractivity contribution in [2.24, 2.45) is 18.9 Å². The van der Waals surface area contributed by atoms with Crippen LogP contribution in [0.3, 0.4) is 0 Å². The number of aryl methyl sites for hydroxylation is 1. The average molecular weight is 570 g/mol. The number of nitrogens with one attached hydrogen (secondary N) is 1. The fraction of sp³-hybridized carbons (Fsp3) is 0.241. The van der Waals surface area contributed by atoms with E-state index in [1.54, 1.807) is 21.6 Å². The summed E-state index contributed by atoms with van der Waals surface area (Å²) < 4.78 is 43.3. The predicted molar refractivity (Wildman–Crippen MR) is 145 cm³/mol. The number of nitrogens with zero attached hydrogens (tertiary/aromatic N) is 8. The maximum atomic E-state index is 13.3. The molecule has 1 aliphatic heterocycles. The number of pyridine rings is 3. The lowest BCUT2D eigenvalue weighted by Crippen LogP contribution is -2.36. The van der Waals surface area contributed by atoms with Crippen LogP contribution >= 0.6 is 0 Å². The highest BCUT2D eigenvalue weighted by molar-refractivity contribution is 5.94. The van der Waals surface area contributed by atoms with Gasteiger partial charge in [-0.2, -0.15) is 28.6 Å². The minimum atomic E-state index is -4.66. The summed E-state index contributed by atoms with van der Waals surface area (Å²) in [6.07, 6.45) is 5.36. The Kier molecular flexibility index (Phi) is 5.76. The molecule has 6 heterocycles. The number of carbonyl (C=O) groups excluding carboxylic acids is 1. The van der Waals surface area contributed by atoms with Crippen LogP contribution in [0.25, 0.3) is 27.8 Å². The van der Waals surface area contributed by atoms with Gasteiger partial charge in [0.1, 0.15) is 17.6 Å². The second kappa shape index (κ2) is 9.41. The van der Waals surface area contributed by atoms with Gasteiger partial charge in [0.2, 0.25) is 0 Å². The number of rotatable bonds is 5. The van der Waals surface area contributed by atoms with Gasteiger partial charge in [-0.15, -0.1) is 0 Å². The first-order valence-electron chi connectivity index (χ1n) is 13.2. The quantitative estimate of drug-likeness (QED) is 0.341. The van der Waals surface area contributed by atoms with Crippen LogP contribution < -0.4 is 10.2 Å². The predicted octanol–water partition coefficient (Wildman–Crippen LogP) is 3.95. The van der Waals surface area contributed by atoms with Gasteiger partial charge in [-0.25, -0.2) is 9.50 Å². The molecule has 42 heavy (non-hydrogen) atoms. The molecular weight excluding hydrogens is 547 g/mol. The highest BCUT2D eigenvalue weighted by atomic mass is 19.4. The van der Waals surface area contributed by atoms with Crippen LogP contribution in [-0.2, 0) is 13.2 Å². The third kappa shape index (κ3) is 4.32. The molecule has 1 saturated carbocycles. The van der Waals surface area contributed by atoms with Crippen molar-refractivity contribution in [2.45, 2.75) is 12.2 Å². The van der Waals surface area contributed by atoms with Gasteiger partial charge in [-0.3, -0.25) is 14.5 Å². The van der Waals surface area contributed by atoms with E-state index in [-0.39, 0.29) is 17.9 Å². The zero-order valence-corrected chi connectivity index (χ0v) is 22.1. The number of aromatic nitrogens is 6. The molecule has 2 aliphatic rings. The van der Waals surface area contributed by atoms with Crippen molar-refractivity contribution in [3.05, 3.63) is 84.3 Å². The van der Waals surface area contributed by atoms with Crippen LogP contribution in [0.2, 0.25) is 0 Å². The summed E-state index contributed by atoms with van der Waals surface area (Å²) in [6.45, 7) is 1.25. The summed E-state index contributed by atoms with van der Waals surface area (Å²) in [6, 6.07) is 9.89.